The van der Waals surface area contributed by atoms with Crippen LogP contribution < -0.4 is 0 Å². The highest BCUT2D eigenvalue weighted by Gasteiger charge is 2.35. The maximum atomic E-state index is 5.74. The normalized spacial score (nSPS) is 37.2. The molecule has 2 fully saturated rings. The van der Waals surface area contributed by atoms with Crippen molar-refractivity contribution in [1.82, 2.24) is 4.90 Å². The molecule has 2 nitrogen and oxygen atoms in total. The lowest BCUT2D eigenvalue weighted by molar-refractivity contribution is -0.0275. The van der Waals surface area contributed by atoms with Gasteiger partial charge in [-0.2, -0.15) is 0 Å². The number of hydrogen-bond donors (Lipinski definition) is 0. The Labute approximate surface area is 74.9 Å². The van der Waals surface area contributed by atoms with Crippen molar-refractivity contribution in [1.29, 1.82) is 0 Å². The molecule has 1 saturated carbocycles. The van der Waals surface area contributed by atoms with Crippen molar-refractivity contribution in [2.45, 2.75) is 38.8 Å². The van der Waals surface area contributed by atoms with Crippen LogP contribution >= 0.6 is 0 Å². The van der Waals surface area contributed by atoms with E-state index in [1.807, 2.05) is 0 Å². The summed E-state index contributed by atoms with van der Waals surface area (Å²) in [7, 11) is 0. The summed E-state index contributed by atoms with van der Waals surface area (Å²) in [6.07, 6.45) is 3.29. The fourth-order valence-corrected chi connectivity index (χ4v) is 2.15. The van der Waals surface area contributed by atoms with Crippen LogP contribution in [0, 0.1) is 5.92 Å². The quantitative estimate of drug-likeness (QED) is 0.590. The van der Waals surface area contributed by atoms with Crippen molar-refractivity contribution in [2.75, 3.05) is 19.7 Å². The first kappa shape index (κ1) is 8.52. The monoisotopic (exact) mass is 169 g/mol. The van der Waals surface area contributed by atoms with Crippen molar-refractivity contribution < 1.29 is 4.74 Å². The molecule has 70 valence electrons. The summed E-state index contributed by atoms with van der Waals surface area (Å²) in [5, 5.41) is 0. The molecule has 0 radical (unpaired) electrons. The molecule has 0 spiro atoms. The van der Waals surface area contributed by atoms with Crippen LogP contribution in [0.2, 0.25) is 0 Å². The van der Waals surface area contributed by atoms with Gasteiger partial charge in [-0.15, -0.1) is 0 Å². The van der Waals surface area contributed by atoms with Gasteiger partial charge in [-0.05, 0) is 32.6 Å². The Morgan fingerprint density at radius 2 is 2.17 bits per heavy atom. The van der Waals surface area contributed by atoms with Crippen LogP contribution in [0.4, 0.5) is 0 Å². The molecule has 2 atom stereocenters. The molecule has 2 aliphatic rings. The van der Waals surface area contributed by atoms with Crippen molar-refractivity contribution in [3.05, 3.63) is 0 Å². The van der Waals surface area contributed by atoms with Crippen LogP contribution in [0.3, 0.4) is 0 Å². The molecule has 0 amide bonds. The first-order valence-electron chi connectivity index (χ1n) is 5.13. The summed E-state index contributed by atoms with van der Waals surface area (Å²) in [6.45, 7) is 7.89. The van der Waals surface area contributed by atoms with Crippen LogP contribution in [-0.4, -0.2) is 36.7 Å². The molecule has 1 saturated heterocycles. The zero-order valence-corrected chi connectivity index (χ0v) is 8.12. The number of hydrogen-bond acceptors (Lipinski definition) is 2. The van der Waals surface area contributed by atoms with E-state index in [-0.39, 0.29) is 0 Å². The first-order valence-corrected chi connectivity index (χ1v) is 5.13. The average Bonchev–Trinajstić information content (AvgIpc) is 2.11. The lowest BCUT2D eigenvalue weighted by Gasteiger charge is -2.36. The molecule has 0 aromatic heterocycles. The smallest absolute Gasteiger partial charge is 0.0616 e. The van der Waals surface area contributed by atoms with E-state index < -0.39 is 0 Å². The molecule has 2 heteroatoms. The third-order valence-corrected chi connectivity index (χ3v) is 3.26. The minimum atomic E-state index is 0.605. The standard InChI is InChI=1S/C10H19NO/c1-8(2)11-5-6-12-10-4-3-9(10)7-11/h8-10H,3-7H2,1-2H3. The van der Waals surface area contributed by atoms with E-state index in [0.29, 0.717) is 12.1 Å². The number of rotatable bonds is 1. The Morgan fingerprint density at radius 1 is 1.33 bits per heavy atom. The Bertz CT molecular complexity index is 158. The van der Waals surface area contributed by atoms with E-state index in [0.717, 1.165) is 19.1 Å². The van der Waals surface area contributed by atoms with E-state index in [4.69, 9.17) is 4.74 Å². The highest BCUT2D eigenvalue weighted by atomic mass is 16.5. The van der Waals surface area contributed by atoms with E-state index in [9.17, 15) is 0 Å². The molecule has 0 bridgehead atoms. The van der Waals surface area contributed by atoms with E-state index in [2.05, 4.69) is 18.7 Å². The predicted molar refractivity (Wildman–Crippen MR) is 49.2 cm³/mol. The second-order valence-electron chi connectivity index (χ2n) is 4.34. The molecular formula is C10H19NO. The van der Waals surface area contributed by atoms with Crippen LogP contribution in [0.1, 0.15) is 26.7 Å². The maximum absolute atomic E-state index is 5.74. The minimum absolute atomic E-state index is 0.605. The SMILES string of the molecule is CC(C)N1CCOC2CCC2C1. The van der Waals surface area contributed by atoms with Gasteiger partial charge in [0.05, 0.1) is 12.7 Å². The van der Waals surface area contributed by atoms with Crippen molar-refractivity contribution >= 4 is 0 Å². The fourth-order valence-electron chi connectivity index (χ4n) is 2.15. The van der Waals surface area contributed by atoms with Crippen LogP contribution in [0.25, 0.3) is 0 Å². The molecule has 0 aromatic rings. The highest BCUT2D eigenvalue weighted by Crippen LogP contribution is 2.33. The summed E-state index contributed by atoms with van der Waals surface area (Å²) >= 11 is 0. The molecule has 1 heterocycles. The Kier molecular flexibility index (Phi) is 2.37. The molecule has 2 rings (SSSR count). The second-order valence-corrected chi connectivity index (χ2v) is 4.34. The Hall–Kier alpha value is -0.0800. The Balaban J connectivity index is 1.92. The van der Waals surface area contributed by atoms with Crippen molar-refractivity contribution in [3.8, 4) is 0 Å². The van der Waals surface area contributed by atoms with E-state index >= 15 is 0 Å². The molecule has 0 aromatic carbocycles. The lowest BCUT2D eigenvalue weighted by atomic mass is 9.81. The third-order valence-electron chi connectivity index (χ3n) is 3.26. The molecule has 2 unspecified atom stereocenters. The van der Waals surface area contributed by atoms with Gasteiger partial charge in [0.15, 0.2) is 0 Å². The molecule has 1 aliphatic heterocycles. The Morgan fingerprint density at radius 3 is 2.75 bits per heavy atom. The van der Waals surface area contributed by atoms with Crippen LogP contribution in [0.15, 0.2) is 0 Å². The summed E-state index contributed by atoms with van der Waals surface area (Å²) in [5.74, 6) is 0.842. The zero-order valence-electron chi connectivity index (χ0n) is 8.12. The number of ether oxygens (including phenoxy) is 1. The lowest BCUT2D eigenvalue weighted by Crippen LogP contribution is -2.41. The van der Waals surface area contributed by atoms with E-state index in [1.54, 1.807) is 0 Å². The average molecular weight is 169 g/mol. The molecule has 0 N–H and O–H groups in total. The molecular weight excluding hydrogens is 150 g/mol. The van der Waals surface area contributed by atoms with E-state index in [1.165, 1.54) is 19.4 Å². The number of fused-ring (bicyclic) bond motifs is 1. The van der Waals surface area contributed by atoms with Gasteiger partial charge in [-0.3, -0.25) is 4.90 Å². The van der Waals surface area contributed by atoms with Crippen LogP contribution in [-0.2, 0) is 4.74 Å². The third kappa shape index (κ3) is 1.50. The summed E-state index contributed by atoms with van der Waals surface area (Å²) < 4.78 is 5.74. The fraction of sp³-hybridized carbons (Fsp3) is 1.00. The van der Waals surface area contributed by atoms with Crippen molar-refractivity contribution in [3.63, 3.8) is 0 Å². The predicted octanol–water partition coefficient (Wildman–Crippen LogP) is 1.51. The topological polar surface area (TPSA) is 12.5 Å². The highest BCUT2D eigenvalue weighted by molar-refractivity contribution is 4.87. The molecule has 12 heavy (non-hydrogen) atoms. The van der Waals surface area contributed by atoms with Gasteiger partial charge in [-0.1, -0.05) is 0 Å². The van der Waals surface area contributed by atoms with Gasteiger partial charge < -0.3 is 4.74 Å². The second kappa shape index (κ2) is 3.35. The van der Waals surface area contributed by atoms with Crippen molar-refractivity contribution in [2.24, 2.45) is 5.92 Å². The number of nitrogens with zero attached hydrogens (tertiary/aromatic N) is 1. The van der Waals surface area contributed by atoms with Gasteiger partial charge in [0.2, 0.25) is 0 Å². The van der Waals surface area contributed by atoms with Gasteiger partial charge in [0.1, 0.15) is 0 Å². The van der Waals surface area contributed by atoms with Gasteiger partial charge in [0.25, 0.3) is 0 Å². The summed E-state index contributed by atoms with van der Waals surface area (Å²) in [6, 6.07) is 0.688. The largest absolute Gasteiger partial charge is 0.377 e. The summed E-state index contributed by atoms with van der Waals surface area (Å²) in [4.78, 5) is 2.55. The maximum Gasteiger partial charge on any atom is 0.0616 e. The van der Waals surface area contributed by atoms with Gasteiger partial charge in [-0.25, -0.2) is 0 Å². The van der Waals surface area contributed by atoms with Gasteiger partial charge >= 0.3 is 0 Å². The summed E-state index contributed by atoms with van der Waals surface area (Å²) in [5.41, 5.74) is 0. The minimum Gasteiger partial charge on any atom is -0.377 e. The molecule has 1 aliphatic carbocycles. The van der Waals surface area contributed by atoms with Crippen LogP contribution in [0.5, 0.6) is 0 Å². The zero-order chi connectivity index (χ0) is 8.55. The van der Waals surface area contributed by atoms with Gasteiger partial charge in [0, 0.05) is 19.1 Å². The first-order chi connectivity index (χ1) is 5.77.